The summed E-state index contributed by atoms with van der Waals surface area (Å²) in [4.78, 5) is 27.6. The van der Waals surface area contributed by atoms with E-state index in [1.807, 2.05) is 0 Å². The zero-order valence-corrected chi connectivity index (χ0v) is 16.3. The van der Waals surface area contributed by atoms with Gasteiger partial charge in [-0.2, -0.15) is 0 Å². The molecule has 1 rings (SSSR count). The van der Waals surface area contributed by atoms with Crippen molar-refractivity contribution in [2.75, 3.05) is 0 Å². The van der Waals surface area contributed by atoms with Gasteiger partial charge >= 0.3 is 102 Å². The number of carbonyl (C=O) groups excluding carboxylic acids is 1. The smallest absolute Gasteiger partial charge is 1.00 e. The van der Waals surface area contributed by atoms with Gasteiger partial charge in [-0.15, -0.1) is 0 Å². The number of carbonyl (C=O) groups is 1. The minimum Gasteiger partial charge on any atom is -1.00 e. The second-order valence-corrected chi connectivity index (χ2v) is 3.40. The Labute approximate surface area is 164 Å². The maximum atomic E-state index is 10.9. The minimum atomic E-state index is -4.74. The van der Waals surface area contributed by atoms with Crippen LogP contribution >= 0.6 is 7.82 Å². The maximum Gasteiger partial charge on any atom is 1.00 e. The summed E-state index contributed by atoms with van der Waals surface area (Å²) in [5.41, 5.74) is 0.103. The van der Waals surface area contributed by atoms with Crippen molar-refractivity contribution in [3.63, 3.8) is 0 Å². The fourth-order valence-electron chi connectivity index (χ4n) is 0.735. The van der Waals surface area contributed by atoms with E-state index in [0.29, 0.717) is 0 Å². The molecular weight excluding hydrogens is 264 g/mol. The molecule has 16 heavy (non-hydrogen) atoms. The predicted molar refractivity (Wildman–Crippen MR) is 47.2 cm³/mol. The third-order valence-corrected chi connectivity index (χ3v) is 1.61. The van der Waals surface area contributed by atoms with Crippen LogP contribution in [-0.4, -0.2) is 15.8 Å². The van der Waals surface area contributed by atoms with E-state index in [-0.39, 0.29) is 98.5 Å². The van der Waals surface area contributed by atoms with E-state index in [9.17, 15) is 9.36 Å². The first-order chi connectivity index (χ1) is 5.99. The molecule has 0 spiro atoms. The van der Waals surface area contributed by atoms with Crippen molar-refractivity contribution >= 4 is 13.8 Å². The molecule has 0 bridgehead atoms. The van der Waals surface area contributed by atoms with Crippen LogP contribution in [0.5, 0.6) is 0 Å². The van der Waals surface area contributed by atoms with Crippen molar-refractivity contribution in [3.05, 3.63) is 35.9 Å². The Morgan fingerprint density at radius 2 is 1.56 bits per heavy atom. The van der Waals surface area contributed by atoms with Gasteiger partial charge in [0.2, 0.25) is 0 Å². The Morgan fingerprint density at radius 1 is 1.12 bits per heavy atom. The standard InChI is InChI=1S/C7H7O5P.3Na.3H/c8-7(12-13(9,10)11)6-4-2-1-3-5-6;;;;;;/h1-5H,(H2,9,10,11);;;;;;/q;3*+1;3*-1. The molecule has 0 aliphatic heterocycles. The molecule has 0 unspecified atom stereocenters. The van der Waals surface area contributed by atoms with Gasteiger partial charge in [-0.3, -0.25) is 9.79 Å². The minimum absolute atomic E-state index is 0. The first-order valence-electron chi connectivity index (χ1n) is 3.33. The second-order valence-electron chi connectivity index (χ2n) is 2.24. The molecule has 76 valence electrons. The van der Waals surface area contributed by atoms with E-state index in [0.717, 1.165) is 0 Å². The van der Waals surface area contributed by atoms with Gasteiger partial charge in [0, 0.05) is 0 Å². The van der Waals surface area contributed by atoms with Crippen molar-refractivity contribution in [2.24, 2.45) is 0 Å². The molecule has 0 fully saturated rings. The molecule has 1 aromatic carbocycles. The average molecular weight is 274 g/mol. The van der Waals surface area contributed by atoms with E-state index in [1.165, 1.54) is 12.1 Å². The summed E-state index contributed by atoms with van der Waals surface area (Å²) in [6.07, 6.45) is 0. The maximum absolute atomic E-state index is 10.9. The summed E-state index contributed by atoms with van der Waals surface area (Å²) < 4.78 is 14.1. The van der Waals surface area contributed by atoms with Crippen molar-refractivity contribution in [2.45, 2.75) is 0 Å². The average Bonchev–Trinajstić information content (AvgIpc) is 2.03. The summed E-state index contributed by atoms with van der Waals surface area (Å²) >= 11 is 0. The summed E-state index contributed by atoms with van der Waals surface area (Å²) in [7, 11) is -4.74. The summed E-state index contributed by atoms with van der Waals surface area (Å²) in [6, 6.07) is 7.61. The Morgan fingerprint density at radius 3 is 1.94 bits per heavy atom. The summed E-state index contributed by atoms with van der Waals surface area (Å²) in [5, 5.41) is 0. The van der Waals surface area contributed by atoms with Crippen LogP contribution in [-0.2, 0) is 9.09 Å². The molecule has 1 aromatic rings. The Bertz CT molecular complexity index is 364. The van der Waals surface area contributed by atoms with Crippen molar-refractivity contribution in [1.82, 2.24) is 0 Å². The van der Waals surface area contributed by atoms with Crippen LogP contribution in [0.4, 0.5) is 0 Å². The largest absolute Gasteiger partial charge is 1.00 e. The second kappa shape index (κ2) is 10.7. The first kappa shape index (κ1) is 23.0. The topological polar surface area (TPSA) is 83.8 Å². The van der Waals surface area contributed by atoms with Gasteiger partial charge in [0.15, 0.2) is 0 Å². The van der Waals surface area contributed by atoms with E-state index < -0.39 is 13.8 Å². The van der Waals surface area contributed by atoms with Gasteiger partial charge in [-0.25, -0.2) is 9.36 Å². The molecular formula is C7H10Na3O5P. The zero-order valence-electron chi connectivity index (χ0n) is 12.5. The molecule has 9 heteroatoms. The molecule has 0 saturated heterocycles. The third kappa shape index (κ3) is 9.83. The number of phosphoric ester groups is 1. The molecule has 0 radical (unpaired) electrons. The number of benzene rings is 1. The normalized spacial score (nSPS) is 8.88. The fourth-order valence-corrected chi connectivity index (χ4v) is 1.06. The van der Waals surface area contributed by atoms with E-state index >= 15 is 0 Å². The Hall–Kier alpha value is 1.84. The van der Waals surface area contributed by atoms with Crippen LogP contribution in [0.3, 0.4) is 0 Å². The number of rotatable bonds is 2. The number of hydrogen-bond donors (Lipinski definition) is 2. The van der Waals surface area contributed by atoms with Gasteiger partial charge in [0.05, 0.1) is 5.56 Å². The fraction of sp³-hybridized carbons (Fsp3) is 0. The van der Waals surface area contributed by atoms with Crippen LogP contribution < -0.4 is 88.7 Å². The summed E-state index contributed by atoms with van der Waals surface area (Å²) in [5.74, 6) is -1.03. The van der Waals surface area contributed by atoms with Gasteiger partial charge in [-0.05, 0) is 12.1 Å². The van der Waals surface area contributed by atoms with Crippen LogP contribution in [0.25, 0.3) is 0 Å². The molecule has 0 aliphatic rings. The molecule has 2 N–H and O–H groups in total. The molecule has 0 aromatic heterocycles. The van der Waals surface area contributed by atoms with Crippen LogP contribution in [0.15, 0.2) is 30.3 Å². The van der Waals surface area contributed by atoms with Gasteiger partial charge in [-0.1, -0.05) is 18.2 Å². The number of phosphoric acid groups is 1. The quantitative estimate of drug-likeness (QED) is 0.413. The molecule has 5 nitrogen and oxygen atoms in total. The van der Waals surface area contributed by atoms with Gasteiger partial charge < -0.3 is 8.80 Å². The van der Waals surface area contributed by atoms with Gasteiger partial charge in [0.25, 0.3) is 0 Å². The van der Waals surface area contributed by atoms with Crippen LogP contribution in [0.1, 0.15) is 14.6 Å². The zero-order chi connectivity index (χ0) is 9.90. The third-order valence-electron chi connectivity index (χ3n) is 1.21. The molecule has 0 aliphatic carbocycles. The van der Waals surface area contributed by atoms with Crippen molar-refractivity contribution in [3.8, 4) is 0 Å². The molecule has 0 heterocycles. The predicted octanol–water partition coefficient (Wildman–Crippen LogP) is -7.71. The van der Waals surface area contributed by atoms with E-state index in [1.54, 1.807) is 18.2 Å². The molecule has 0 saturated carbocycles. The van der Waals surface area contributed by atoms with E-state index in [2.05, 4.69) is 4.52 Å². The Balaban J connectivity index is -0.0000000704. The van der Waals surface area contributed by atoms with Crippen LogP contribution in [0.2, 0.25) is 0 Å². The van der Waals surface area contributed by atoms with Gasteiger partial charge in [0.1, 0.15) is 0 Å². The first-order valence-corrected chi connectivity index (χ1v) is 4.86. The van der Waals surface area contributed by atoms with Crippen LogP contribution in [0, 0.1) is 0 Å². The molecule has 0 amide bonds. The summed E-state index contributed by atoms with van der Waals surface area (Å²) in [6.45, 7) is 0. The van der Waals surface area contributed by atoms with Crippen molar-refractivity contribution in [1.29, 1.82) is 0 Å². The monoisotopic (exact) mass is 274 g/mol. The SMILES string of the molecule is O=C(OP(=O)(O)O)c1ccccc1.[H-].[H-].[H-].[Na+].[Na+].[Na+]. The Kier molecular flexibility index (Phi) is 15.4. The number of hydrogen-bond acceptors (Lipinski definition) is 3. The van der Waals surface area contributed by atoms with E-state index in [4.69, 9.17) is 9.79 Å². The molecule has 0 atom stereocenters. The van der Waals surface area contributed by atoms with Crippen molar-refractivity contribution < 1.29 is 117 Å².